The maximum atomic E-state index is 2.28. The molecule has 0 N–H and O–H groups in total. The van der Waals surface area contributed by atoms with Gasteiger partial charge in [-0.1, -0.05) is 170 Å². The third-order valence-corrected chi connectivity index (χ3v) is 9.25. The highest BCUT2D eigenvalue weighted by atomic mass is 15.1. The van der Waals surface area contributed by atoms with Crippen molar-refractivity contribution in [2.24, 2.45) is 7.05 Å². The van der Waals surface area contributed by atoms with Crippen molar-refractivity contribution in [1.29, 1.82) is 0 Å². The van der Waals surface area contributed by atoms with E-state index in [-0.39, 0.29) is 0 Å². The molecule has 0 fully saturated rings. The Balaban J connectivity index is 0.000000149. The summed E-state index contributed by atoms with van der Waals surface area (Å²) in [6.45, 7) is 0.892. The fraction of sp³-hybridized carbons (Fsp3) is 0.0465. The molecule has 0 spiro atoms. The summed E-state index contributed by atoms with van der Waals surface area (Å²) in [4.78, 5) is 0. The maximum Gasteiger partial charge on any atom is 0.243 e. The Hall–Kier alpha value is -5.67. The first-order chi connectivity index (χ1) is 22.7. The highest BCUT2D eigenvalue weighted by molar-refractivity contribution is 7.19. The van der Waals surface area contributed by atoms with E-state index in [1.165, 1.54) is 49.0 Å². The molecule has 0 bridgehead atoms. The van der Waals surface area contributed by atoms with E-state index in [0.29, 0.717) is 0 Å². The molecule has 0 unspecified atom stereocenters. The SMILES string of the molecule is Cn1cc[n+](Cc2c3ccccc3cc3ccccc23)c1.c1ccc([B-](c2ccccc2)(c2ccccc2)c2ccccc2)cc1. The monoisotopic (exact) mass is 592 g/mol. The minimum Gasteiger partial charge on any atom is -0.240 e. The van der Waals surface area contributed by atoms with E-state index in [2.05, 4.69) is 211 Å². The molecule has 222 valence electrons. The van der Waals surface area contributed by atoms with Crippen LogP contribution in [0.5, 0.6) is 0 Å². The lowest BCUT2D eigenvalue weighted by molar-refractivity contribution is -0.687. The molecule has 0 aliphatic heterocycles. The van der Waals surface area contributed by atoms with Gasteiger partial charge in [0.1, 0.15) is 25.1 Å². The van der Waals surface area contributed by atoms with Gasteiger partial charge in [-0.2, -0.15) is 21.9 Å². The summed E-state index contributed by atoms with van der Waals surface area (Å²) in [7, 11) is 2.05. The first-order valence-corrected chi connectivity index (χ1v) is 16.0. The summed E-state index contributed by atoms with van der Waals surface area (Å²) >= 11 is 0. The Morgan fingerprint density at radius 2 is 0.848 bits per heavy atom. The molecule has 46 heavy (non-hydrogen) atoms. The highest BCUT2D eigenvalue weighted by Crippen LogP contribution is 2.28. The van der Waals surface area contributed by atoms with Gasteiger partial charge in [-0.05, 0) is 27.6 Å². The van der Waals surface area contributed by atoms with Gasteiger partial charge in [0.15, 0.2) is 0 Å². The van der Waals surface area contributed by atoms with Gasteiger partial charge in [0.2, 0.25) is 6.33 Å². The van der Waals surface area contributed by atoms with Crippen molar-refractivity contribution in [3.8, 4) is 0 Å². The highest BCUT2D eigenvalue weighted by Gasteiger charge is 2.31. The van der Waals surface area contributed by atoms with Crippen LogP contribution in [0.3, 0.4) is 0 Å². The predicted octanol–water partition coefficient (Wildman–Crippen LogP) is 6.73. The van der Waals surface area contributed by atoms with Crippen molar-refractivity contribution < 1.29 is 4.57 Å². The van der Waals surface area contributed by atoms with E-state index in [9.17, 15) is 0 Å². The van der Waals surface area contributed by atoms with Crippen LogP contribution in [0, 0.1) is 0 Å². The van der Waals surface area contributed by atoms with E-state index < -0.39 is 6.15 Å². The Kier molecular flexibility index (Phi) is 8.30. The Labute approximate surface area is 271 Å². The van der Waals surface area contributed by atoms with Crippen LogP contribution in [0.25, 0.3) is 21.5 Å². The van der Waals surface area contributed by atoms with Crippen molar-refractivity contribution in [2.75, 3.05) is 0 Å². The number of rotatable bonds is 6. The molecule has 8 aromatic rings. The lowest BCUT2D eigenvalue weighted by atomic mass is 9.13. The fourth-order valence-electron chi connectivity index (χ4n) is 7.18. The second kappa shape index (κ2) is 13.1. The number of aryl methyl sites for hydroxylation is 1. The van der Waals surface area contributed by atoms with Gasteiger partial charge in [-0.15, -0.1) is 0 Å². The molecule has 7 aromatic carbocycles. The minimum atomic E-state index is -1.22. The summed E-state index contributed by atoms with van der Waals surface area (Å²) in [6, 6.07) is 63.1. The first-order valence-electron chi connectivity index (χ1n) is 16.0. The summed E-state index contributed by atoms with van der Waals surface area (Å²) in [5.74, 6) is 0. The van der Waals surface area contributed by atoms with Crippen LogP contribution in [0.15, 0.2) is 195 Å². The molecule has 0 radical (unpaired) electrons. The number of aromatic nitrogens is 2. The van der Waals surface area contributed by atoms with Gasteiger partial charge >= 0.3 is 0 Å². The molecular formula is C43H37BN2. The Morgan fingerprint density at radius 3 is 1.22 bits per heavy atom. The van der Waals surface area contributed by atoms with Crippen molar-refractivity contribution in [3.63, 3.8) is 0 Å². The van der Waals surface area contributed by atoms with Crippen LogP contribution in [-0.4, -0.2) is 10.7 Å². The quantitative estimate of drug-likeness (QED) is 0.115. The van der Waals surface area contributed by atoms with Gasteiger partial charge in [-0.25, -0.2) is 9.13 Å². The van der Waals surface area contributed by atoms with Crippen molar-refractivity contribution in [1.82, 2.24) is 4.57 Å². The molecule has 2 nitrogen and oxygen atoms in total. The third-order valence-electron chi connectivity index (χ3n) is 9.25. The van der Waals surface area contributed by atoms with Crippen molar-refractivity contribution in [2.45, 2.75) is 6.54 Å². The van der Waals surface area contributed by atoms with Crippen LogP contribution in [0.1, 0.15) is 5.56 Å². The Bertz CT molecular complexity index is 1960. The topological polar surface area (TPSA) is 8.81 Å². The van der Waals surface area contributed by atoms with E-state index in [4.69, 9.17) is 0 Å². The zero-order valence-electron chi connectivity index (χ0n) is 26.2. The summed E-state index contributed by atoms with van der Waals surface area (Å²) in [5.41, 5.74) is 6.74. The molecule has 1 aromatic heterocycles. The molecule has 1 heterocycles. The molecular weight excluding hydrogens is 555 g/mol. The van der Waals surface area contributed by atoms with E-state index in [1.807, 2.05) is 0 Å². The second-order valence-corrected chi connectivity index (χ2v) is 12.1. The summed E-state index contributed by atoms with van der Waals surface area (Å²) in [5, 5.41) is 5.30. The normalized spacial score (nSPS) is 11.2. The van der Waals surface area contributed by atoms with Crippen molar-refractivity contribution in [3.05, 3.63) is 200 Å². The molecule has 8 rings (SSSR count). The number of fused-ring (bicyclic) bond motifs is 2. The molecule has 0 aliphatic carbocycles. The van der Waals surface area contributed by atoms with Crippen LogP contribution < -0.4 is 26.4 Å². The van der Waals surface area contributed by atoms with Crippen LogP contribution >= 0.6 is 0 Å². The molecule has 0 saturated carbocycles. The lowest BCUT2D eigenvalue weighted by Gasteiger charge is -2.44. The molecule has 3 heteroatoms. The van der Waals surface area contributed by atoms with E-state index in [1.54, 1.807) is 0 Å². The van der Waals surface area contributed by atoms with Crippen LogP contribution in [0.4, 0.5) is 0 Å². The molecule has 0 atom stereocenters. The predicted molar refractivity (Wildman–Crippen MR) is 196 cm³/mol. The van der Waals surface area contributed by atoms with Gasteiger partial charge < -0.3 is 0 Å². The number of hydrogen-bond acceptors (Lipinski definition) is 0. The smallest absolute Gasteiger partial charge is 0.240 e. The zero-order chi connectivity index (χ0) is 31.2. The molecule has 0 aliphatic rings. The lowest BCUT2D eigenvalue weighted by Crippen LogP contribution is -2.74. The zero-order valence-corrected chi connectivity index (χ0v) is 26.2. The molecule has 0 amide bonds. The average Bonchev–Trinajstić information content (AvgIpc) is 3.55. The van der Waals surface area contributed by atoms with Gasteiger partial charge in [0.25, 0.3) is 0 Å². The van der Waals surface area contributed by atoms with E-state index >= 15 is 0 Å². The number of benzene rings is 7. The third kappa shape index (κ3) is 5.64. The summed E-state index contributed by atoms with van der Waals surface area (Å²) in [6.07, 6.45) is 5.10. The molecule has 0 saturated heterocycles. The number of imidazole rings is 1. The van der Waals surface area contributed by atoms with Gasteiger partial charge in [0.05, 0.1) is 7.05 Å². The largest absolute Gasteiger partial charge is 0.243 e. The number of hydrogen-bond donors (Lipinski definition) is 0. The van der Waals surface area contributed by atoms with Crippen LogP contribution in [-0.2, 0) is 13.6 Å². The first kappa shape index (κ1) is 29.1. The number of nitrogens with zero attached hydrogens (tertiary/aromatic N) is 2. The maximum absolute atomic E-state index is 2.28. The van der Waals surface area contributed by atoms with Crippen molar-refractivity contribution >= 4 is 49.5 Å². The minimum absolute atomic E-state index is 0.892. The van der Waals surface area contributed by atoms with Gasteiger partial charge in [-0.3, -0.25) is 0 Å². The van der Waals surface area contributed by atoms with E-state index in [0.717, 1.165) is 6.54 Å². The summed E-state index contributed by atoms with van der Waals surface area (Å²) < 4.78 is 4.31. The van der Waals surface area contributed by atoms with Gasteiger partial charge in [0, 0.05) is 5.56 Å². The standard InChI is InChI=1S/C24H20B.C19H17N2/c1-5-13-21(14-6-1)25(22-15-7-2-8-16-22,23-17-9-3-10-18-23)24-19-11-4-12-20-24;1-20-10-11-21(14-20)13-19-17-8-4-2-6-15(17)12-16-7-3-5-9-18(16)19/h1-20H;2-12,14H,13H2,1H3/q-1;+1. The fourth-order valence-corrected chi connectivity index (χ4v) is 7.18. The average molecular weight is 593 g/mol. The second-order valence-electron chi connectivity index (χ2n) is 12.1. The van der Waals surface area contributed by atoms with Crippen LogP contribution in [0.2, 0.25) is 0 Å². The Morgan fingerprint density at radius 1 is 0.478 bits per heavy atom.